The molecule has 2 N–H and O–H groups in total. The van der Waals surface area contributed by atoms with Crippen molar-refractivity contribution in [2.75, 3.05) is 18.1 Å². The van der Waals surface area contributed by atoms with E-state index in [-0.39, 0.29) is 0 Å². The van der Waals surface area contributed by atoms with E-state index in [1.807, 2.05) is 13.0 Å². The summed E-state index contributed by atoms with van der Waals surface area (Å²) in [6.07, 6.45) is 6.07. The van der Waals surface area contributed by atoms with E-state index >= 15 is 0 Å². The largest absolute Gasteiger partial charge is 0.478 e. The lowest BCUT2D eigenvalue weighted by Gasteiger charge is -2.36. The molecule has 106 valence electrons. The zero-order chi connectivity index (χ0) is 13.7. The van der Waals surface area contributed by atoms with E-state index in [2.05, 4.69) is 21.8 Å². The summed E-state index contributed by atoms with van der Waals surface area (Å²) in [6, 6.07) is 2.84. The van der Waals surface area contributed by atoms with Crippen molar-refractivity contribution in [3.63, 3.8) is 0 Å². The van der Waals surface area contributed by atoms with Crippen LogP contribution < -0.4 is 15.4 Å². The molecule has 1 fully saturated rings. The highest BCUT2D eigenvalue weighted by atomic mass is 16.5. The molecule has 1 aliphatic carbocycles. The number of aromatic nitrogens is 2. The predicted octanol–water partition coefficient (Wildman–Crippen LogP) is 1.97. The summed E-state index contributed by atoms with van der Waals surface area (Å²) in [5.41, 5.74) is 5.98. The van der Waals surface area contributed by atoms with Gasteiger partial charge >= 0.3 is 0 Å². The normalized spacial score (nSPS) is 23.1. The van der Waals surface area contributed by atoms with Gasteiger partial charge in [-0.1, -0.05) is 0 Å². The van der Waals surface area contributed by atoms with E-state index in [0.29, 0.717) is 24.6 Å². The fourth-order valence-corrected chi connectivity index (χ4v) is 2.73. The molecule has 2 rings (SSSR count). The highest BCUT2D eigenvalue weighted by Gasteiger charge is 2.24. The summed E-state index contributed by atoms with van der Waals surface area (Å²) in [7, 11) is 0. The Morgan fingerprint density at radius 2 is 2.00 bits per heavy atom. The number of ether oxygens (including phenoxy) is 1. The molecule has 5 heteroatoms. The molecule has 0 aliphatic heterocycles. The van der Waals surface area contributed by atoms with Crippen molar-refractivity contribution >= 4 is 5.82 Å². The highest BCUT2D eigenvalue weighted by Crippen LogP contribution is 2.26. The zero-order valence-electron chi connectivity index (χ0n) is 11.9. The molecule has 0 unspecified atom stereocenters. The van der Waals surface area contributed by atoms with Crippen LogP contribution in [0.3, 0.4) is 0 Å². The topological polar surface area (TPSA) is 64.3 Å². The van der Waals surface area contributed by atoms with Gasteiger partial charge in [-0.2, -0.15) is 0 Å². The predicted molar refractivity (Wildman–Crippen MR) is 76.5 cm³/mol. The number of hydrogen-bond acceptors (Lipinski definition) is 5. The summed E-state index contributed by atoms with van der Waals surface area (Å²) in [5, 5.41) is 0. The summed E-state index contributed by atoms with van der Waals surface area (Å²) in [5.74, 6) is 1.61. The quantitative estimate of drug-likeness (QED) is 0.881. The van der Waals surface area contributed by atoms with Crippen molar-refractivity contribution in [2.45, 2.75) is 51.6 Å². The first kappa shape index (κ1) is 14.1. The fraction of sp³-hybridized carbons (Fsp3) is 0.714. The third-order valence-corrected chi connectivity index (χ3v) is 3.74. The summed E-state index contributed by atoms with van der Waals surface area (Å²) < 4.78 is 5.45. The maximum Gasteiger partial charge on any atom is 0.218 e. The number of nitrogens with zero attached hydrogens (tertiary/aromatic N) is 3. The minimum absolute atomic E-state index is 0.374. The van der Waals surface area contributed by atoms with Crippen LogP contribution in [0.25, 0.3) is 0 Å². The van der Waals surface area contributed by atoms with Crippen molar-refractivity contribution in [2.24, 2.45) is 5.73 Å². The minimum Gasteiger partial charge on any atom is -0.478 e. The van der Waals surface area contributed by atoms with Crippen LogP contribution in [0.1, 0.15) is 39.5 Å². The molecule has 1 aromatic heterocycles. The lowest BCUT2D eigenvalue weighted by atomic mass is 9.91. The minimum atomic E-state index is 0.374. The van der Waals surface area contributed by atoms with Crippen molar-refractivity contribution in [1.82, 2.24) is 9.97 Å². The highest BCUT2D eigenvalue weighted by molar-refractivity contribution is 5.42. The first-order chi connectivity index (χ1) is 9.24. The van der Waals surface area contributed by atoms with Gasteiger partial charge in [0.05, 0.1) is 6.61 Å². The molecular weight excluding hydrogens is 240 g/mol. The number of anilines is 1. The second-order valence-corrected chi connectivity index (χ2v) is 5.00. The summed E-state index contributed by atoms with van der Waals surface area (Å²) in [4.78, 5) is 10.9. The van der Waals surface area contributed by atoms with Gasteiger partial charge in [-0.3, -0.25) is 0 Å². The molecule has 0 radical (unpaired) electrons. The van der Waals surface area contributed by atoms with E-state index < -0.39 is 0 Å². The third kappa shape index (κ3) is 3.56. The van der Waals surface area contributed by atoms with Crippen molar-refractivity contribution in [3.05, 3.63) is 12.4 Å². The van der Waals surface area contributed by atoms with Crippen molar-refractivity contribution < 1.29 is 4.74 Å². The second kappa shape index (κ2) is 6.70. The smallest absolute Gasteiger partial charge is 0.218 e. The molecule has 0 amide bonds. The average molecular weight is 264 g/mol. The fourth-order valence-electron chi connectivity index (χ4n) is 2.73. The van der Waals surface area contributed by atoms with E-state index in [0.717, 1.165) is 38.0 Å². The molecule has 1 aromatic rings. The Balaban J connectivity index is 2.10. The van der Waals surface area contributed by atoms with Gasteiger partial charge in [0.2, 0.25) is 5.88 Å². The molecule has 0 atom stereocenters. The van der Waals surface area contributed by atoms with Gasteiger partial charge in [-0.15, -0.1) is 0 Å². The first-order valence-corrected chi connectivity index (χ1v) is 7.21. The van der Waals surface area contributed by atoms with Gasteiger partial charge in [-0.05, 0) is 39.5 Å². The van der Waals surface area contributed by atoms with E-state index in [1.165, 1.54) is 0 Å². The van der Waals surface area contributed by atoms with Crippen LogP contribution in [-0.2, 0) is 0 Å². The molecule has 0 aromatic carbocycles. The number of nitrogens with two attached hydrogens (primary N) is 1. The maximum atomic E-state index is 5.98. The lowest BCUT2D eigenvalue weighted by Crippen LogP contribution is -2.41. The average Bonchev–Trinajstić information content (AvgIpc) is 2.43. The standard InChI is InChI=1S/C14H24N4O/c1-3-18(12-7-5-11(15)6-8-12)13-9-14(19-4-2)17-10-16-13/h9-12H,3-8,15H2,1-2H3. The summed E-state index contributed by atoms with van der Waals surface area (Å²) >= 11 is 0. The SMILES string of the molecule is CCOc1cc(N(CC)C2CCC(N)CC2)ncn1. The number of hydrogen-bond donors (Lipinski definition) is 1. The molecular formula is C14H24N4O. The van der Waals surface area contributed by atoms with Crippen LogP contribution in [0.15, 0.2) is 12.4 Å². The van der Waals surface area contributed by atoms with Crippen molar-refractivity contribution in [3.8, 4) is 5.88 Å². The van der Waals surface area contributed by atoms with Crippen LogP contribution in [0, 0.1) is 0 Å². The van der Waals surface area contributed by atoms with E-state index in [4.69, 9.17) is 10.5 Å². The van der Waals surface area contributed by atoms with E-state index in [1.54, 1.807) is 6.33 Å². The molecule has 0 saturated heterocycles. The zero-order valence-corrected chi connectivity index (χ0v) is 11.9. The Hall–Kier alpha value is -1.36. The molecule has 0 spiro atoms. The molecule has 5 nitrogen and oxygen atoms in total. The molecule has 1 aliphatic rings. The van der Waals surface area contributed by atoms with Gasteiger partial charge in [0, 0.05) is 24.7 Å². The molecule has 19 heavy (non-hydrogen) atoms. The Kier molecular flexibility index (Phi) is 4.96. The van der Waals surface area contributed by atoms with Crippen LogP contribution in [0.2, 0.25) is 0 Å². The van der Waals surface area contributed by atoms with Gasteiger partial charge in [0.25, 0.3) is 0 Å². The van der Waals surface area contributed by atoms with Gasteiger partial charge in [0.15, 0.2) is 0 Å². The Morgan fingerprint density at radius 3 is 2.63 bits per heavy atom. The Bertz CT molecular complexity index is 391. The van der Waals surface area contributed by atoms with Gasteiger partial charge in [0.1, 0.15) is 12.1 Å². The maximum absolute atomic E-state index is 5.98. The third-order valence-electron chi connectivity index (χ3n) is 3.74. The Labute approximate surface area is 115 Å². The van der Waals surface area contributed by atoms with Crippen molar-refractivity contribution in [1.29, 1.82) is 0 Å². The van der Waals surface area contributed by atoms with Crippen LogP contribution in [-0.4, -0.2) is 35.2 Å². The number of rotatable bonds is 5. The van der Waals surface area contributed by atoms with Gasteiger partial charge in [-0.25, -0.2) is 9.97 Å². The van der Waals surface area contributed by atoms with E-state index in [9.17, 15) is 0 Å². The molecule has 1 heterocycles. The van der Waals surface area contributed by atoms with Gasteiger partial charge < -0.3 is 15.4 Å². The molecule has 0 bridgehead atoms. The molecule has 1 saturated carbocycles. The lowest BCUT2D eigenvalue weighted by molar-refractivity contribution is 0.325. The van der Waals surface area contributed by atoms with Crippen LogP contribution in [0.4, 0.5) is 5.82 Å². The summed E-state index contributed by atoms with van der Waals surface area (Å²) in [6.45, 7) is 5.70. The first-order valence-electron chi connectivity index (χ1n) is 7.21. The Morgan fingerprint density at radius 1 is 1.26 bits per heavy atom. The monoisotopic (exact) mass is 264 g/mol. The van der Waals surface area contributed by atoms with Crippen LogP contribution in [0.5, 0.6) is 5.88 Å². The van der Waals surface area contributed by atoms with Crippen LogP contribution >= 0.6 is 0 Å². The second-order valence-electron chi connectivity index (χ2n) is 5.00.